The fraction of sp³-hybridized carbons (Fsp3) is 0.694. The summed E-state index contributed by atoms with van der Waals surface area (Å²) in [7, 11) is 0. The molecule has 0 saturated carbocycles. The van der Waals surface area contributed by atoms with Crippen LogP contribution in [0.15, 0.2) is 36.5 Å². The fourth-order valence-corrected chi connectivity index (χ4v) is 5.29. The first-order valence-corrected chi connectivity index (χ1v) is 16.6. The van der Waals surface area contributed by atoms with Crippen molar-refractivity contribution in [1.29, 1.82) is 0 Å². The molecule has 0 fully saturated rings. The maximum atomic E-state index is 14.7. The summed E-state index contributed by atoms with van der Waals surface area (Å²) in [5.74, 6) is 0.0517. The summed E-state index contributed by atoms with van der Waals surface area (Å²) in [5, 5.41) is 0. The third-order valence-electron chi connectivity index (χ3n) is 7.88. The van der Waals surface area contributed by atoms with E-state index in [1.165, 1.54) is 128 Å². The van der Waals surface area contributed by atoms with Crippen molar-refractivity contribution in [3.8, 4) is 17.0 Å². The Morgan fingerprint density at radius 1 is 0.590 bits per heavy atom. The van der Waals surface area contributed by atoms with E-state index in [0.717, 1.165) is 30.5 Å². The van der Waals surface area contributed by atoms with Crippen LogP contribution in [0.25, 0.3) is 11.3 Å². The lowest BCUT2D eigenvalue weighted by Crippen LogP contribution is -1.99. The molecule has 1 aromatic heterocycles. The van der Waals surface area contributed by atoms with E-state index in [1.807, 2.05) is 18.3 Å². The number of halogens is 1. The maximum absolute atomic E-state index is 14.7. The first-order valence-electron chi connectivity index (χ1n) is 16.6. The Morgan fingerprint density at radius 3 is 1.59 bits per heavy atom. The summed E-state index contributed by atoms with van der Waals surface area (Å²) in [5.41, 5.74) is 2.88. The zero-order valence-electron chi connectivity index (χ0n) is 25.5. The van der Waals surface area contributed by atoms with Gasteiger partial charge in [-0.3, -0.25) is 4.98 Å². The lowest BCUT2D eigenvalue weighted by Gasteiger charge is -2.09. The van der Waals surface area contributed by atoms with Gasteiger partial charge < -0.3 is 4.74 Å². The third-order valence-corrected chi connectivity index (χ3v) is 7.88. The standard InChI is InChI=1S/C36H58FNO/c1-3-5-7-9-11-12-13-14-15-16-17-19-21-23-29-39-36-28-26-33(30-34(36)37)35-27-25-32(31-38-35)24-22-20-18-10-8-6-4-2/h25-28,30-31H,3-24,29H2,1-2H3. The van der Waals surface area contributed by atoms with Crippen LogP contribution in [-0.4, -0.2) is 11.6 Å². The van der Waals surface area contributed by atoms with Gasteiger partial charge in [-0.05, 0) is 49.1 Å². The first kappa shape index (κ1) is 33.3. The molecule has 0 unspecified atom stereocenters. The fourth-order valence-electron chi connectivity index (χ4n) is 5.29. The molecule has 0 saturated heterocycles. The highest BCUT2D eigenvalue weighted by Crippen LogP contribution is 2.25. The molecule has 0 N–H and O–H groups in total. The van der Waals surface area contributed by atoms with E-state index in [-0.39, 0.29) is 5.82 Å². The van der Waals surface area contributed by atoms with Gasteiger partial charge in [-0.1, -0.05) is 142 Å². The minimum absolute atomic E-state index is 0.299. The second kappa shape index (κ2) is 22.9. The Hall–Kier alpha value is -1.90. The molecule has 0 radical (unpaired) electrons. The molecule has 0 spiro atoms. The smallest absolute Gasteiger partial charge is 0.165 e. The zero-order valence-corrected chi connectivity index (χ0v) is 25.5. The molecule has 1 heterocycles. The lowest BCUT2D eigenvalue weighted by molar-refractivity contribution is 0.290. The van der Waals surface area contributed by atoms with Crippen molar-refractivity contribution in [2.45, 2.75) is 155 Å². The van der Waals surface area contributed by atoms with Crippen LogP contribution in [0, 0.1) is 5.82 Å². The van der Waals surface area contributed by atoms with E-state index in [9.17, 15) is 4.39 Å². The number of nitrogens with zero attached hydrogens (tertiary/aromatic N) is 1. The minimum Gasteiger partial charge on any atom is -0.491 e. The van der Waals surface area contributed by atoms with Gasteiger partial charge in [-0.15, -0.1) is 0 Å². The lowest BCUT2D eigenvalue weighted by atomic mass is 10.0. The highest BCUT2D eigenvalue weighted by molar-refractivity contribution is 5.60. The largest absolute Gasteiger partial charge is 0.491 e. The van der Waals surface area contributed by atoms with Crippen molar-refractivity contribution in [3.05, 3.63) is 47.9 Å². The Kier molecular flexibility index (Phi) is 19.5. The molecule has 0 atom stereocenters. The average Bonchev–Trinajstić information content (AvgIpc) is 2.95. The normalized spacial score (nSPS) is 11.3. The molecule has 0 bridgehead atoms. The van der Waals surface area contributed by atoms with Crippen LogP contribution in [-0.2, 0) is 6.42 Å². The number of ether oxygens (including phenoxy) is 1. The Bertz CT molecular complexity index is 834. The molecule has 3 heteroatoms. The van der Waals surface area contributed by atoms with Crippen molar-refractivity contribution >= 4 is 0 Å². The number of hydrogen-bond donors (Lipinski definition) is 0. The monoisotopic (exact) mass is 539 g/mol. The van der Waals surface area contributed by atoms with Gasteiger partial charge in [0, 0.05) is 11.8 Å². The Morgan fingerprint density at radius 2 is 1.10 bits per heavy atom. The Labute approximate surface area is 240 Å². The zero-order chi connectivity index (χ0) is 27.8. The van der Waals surface area contributed by atoms with Crippen molar-refractivity contribution in [2.75, 3.05) is 6.61 Å². The summed E-state index contributed by atoms with van der Waals surface area (Å²) in [6, 6.07) is 9.38. The predicted octanol–water partition coefficient (Wildman–Crippen LogP) is 12.0. The van der Waals surface area contributed by atoms with Gasteiger partial charge >= 0.3 is 0 Å². The van der Waals surface area contributed by atoms with Crippen molar-refractivity contribution in [2.24, 2.45) is 0 Å². The van der Waals surface area contributed by atoms with Gasteiger partial charge in [0.2, 0.25) is 0 Å². The molecule has 0 amide bonds. The van der Waals surface area contributed by atoms with Crippen LogP contribution >= 0.6 is 0 Å². The predicted molar refractivity (Wildman–Crippen MR) is 167 cm³/mol. The molecule has 220 valence electrons. The van der Waals surface area contributed by atoms with Crippen LogP contribution in [0.2, 0.25) is 0 Å². The molecule has 0 aliphatic carbocycles. The molecule has 39 heavy (non-hydrogen) atoms. The molecular formula is C36H58FNO. The Balaban J connectivity index is 1.53. The molecule has 1 aromatic carbocycles. The molecule has 2 nitrogen and oxygen atoms in total. The van der Waals surface area contributed by atoms with E-state index < -0.39 is 0 Å². The minimum atomic E-state index is -0.299. The van der Waals surface area contributed by atoms with Crippen molar-refractivity contribution in [3.63, 3.8) is 0 Å². The quantitative estimate of drug-likeness (QED) is 0.117. The number of pyridine rings is 1. The summed E-state index contributed by atoms with van der Waals surface area (Å²) in [4.78, 5) is 4.60. The van der Waals surface area contributed by atoms with Gasteiger partial charge in [0.15, 0.2) is 11.6 Å². The van der Waals surface area contributed by atoms with Crippen LogP contribution in [0.5, 0.6) is 5.75 Å². The number of aromatic nitrogens is 1. The summed E-state index contributed by atoms with van der Waals surface area (Å²) < 4.78 is 20.4. The van der Waals surface area contributed by atoms with Gasteiger partial charge in [-0.2, -0.15) is 0 Å². The number of aryl methyl sites for hydroxylation is 1. The highest BCUT2D eigenvalue weighted by atomic mass is 19.1. The van der Waals surface area contributed by atoms with Crippen LogP contribution < -0.4 is 4.74 Å². The van der Waals surface area contributed by atoms with E-state index in [0.29, 0.717) is 12.4 Å². The number of unbranched alkanes of at least 4 members (excludes halogenated alkanes) is 19. The van der Waals surface area contributed by atoms with E-state index in [2.05, 4.69) is 24.9 Å². The number of hydrogen-bond acceptors (Lipinski definition) is 2. The van der Waals surface area contributed by atoms with E-state index in [1.54, 1.807) is 12.1 Å². The number of rotatable bonds is 25. The molecule has 0 aliphatic rings. The van der Waals surface area contributed by atoms with Crippen LogP contribution in [0.3, 0.4) is 0 Å². The number of benzene rings is 1. The summed E-state index contributed by atoms with van der Waals surface area (Å²) >= 11 is 0. The van der Waals surface area contributed by atoms with Gasteiger partial charge in [0.25, 0.3) is 0 Å². The molecule has 2 rings (SSSR count). The molecule has 2 aromatic rings. The molecule has 0 aliphatic heterocycles. The average molecular weight is 540 g/mol. The van der Waals surface area contributed by atoms with E-state index >= 15 is 0 Å². The topological polar surface area (TPSA) is 22.1 Å². The highest BCUT2D eigenvalue weighted by Gasteiger charge is 2.08. The SMILES string of the molecule is CCCCCCCCCCCCCCCCOc1ccc(-c2ccc(CCCCCCCCC)cn2)cc1F. The second-order valence-corrected chi connectivity index (χ2v) is 11.5. The van der Waals surface area contributed by atoms with Crippen molar-refractivity contribution < 1.29 is 9.13 Å². The van der Waals surface area contributed by atoms with Gasteiger partial charge in [-0.25, -0.2) is 4.39 Å². The summed E-state index contributed by atoms with van der Waals surface area (Å²) in [6.07, 6.45) is 30.9. The maximum Gasteiger partial charge on any atom is 0.165 e. The second-order valence-electron chi connectivity index (χ2n) is 11.5. The molecular weight excluding hydrogens is 481 g/mol. The van der Waals surface area contributed by atoms with Crippen LogP contribution in [0.1, 0.15) is 154 Å². The van der Waals surface area contributed by atoms with Crippen LogP contribution in [0.4, 0.5) is 4.39 Å². The van der Waals surface area contributed by atoms with Gasteiger partial charge in [0.1, 0.15) is 0 Å². The summed E-state index contributed by atoms with van der Waals surface area (Å²) in [6.45, 7) is 5.12. The first-order chi connectivity index (χ1) is 19.2. The van der Waals surface area contributed by atoms with Crippen molar-refractivity contribution in [1.82, 2.24) is 4.98 Å². The third kappa shape index (κ3) is 16.1. The van der Waals surface area contributed by atoms with Gasteiger partial charge in [0.05, 0.1) is 12.3 Å². The van der Waals surface area contributed by atoms with E-state index in [4.69, 9.17) is 4.74 Å².